The van der Waals surface area contributed by atoms with E-state index in [0.29, 0.717) is 6.61 Å². The first-order valence-electron chi connectivity index (χ1n) is 6.20. The third-order valence-electron chi connectivity index (χ3n) is 3.09. The molecule has 2 rings (SSSR count). The van der Waals surface area contributed by atoms with Gasteiger partial charge in [-0.25, -0.2) is 17.9 Å². The maximum atomic E-state index is 13.8. The fraction of sp³-hybridized carbons (Fsp3) is 0.417. The van der Waals surface area contributed by atoms with Crippen LogP contribution in [0.4, 0.5) is 4.39 Å². The summed E-state index contributed by atoms with van der Waals surface area (Å²) in [6, 6.07) is 1.58. The second kappa shape index (κ2) is 6.27. The molecule has 0 spiro atoms. The Labute approximate surface area is 126 Å². The van der Waals surface area contributed by atoms with Gasteiger partial charge < -0.3 is 10.1 Å². The lowest BCUT2D eigenvalue weighted by Gasteiger charge is -2.12. The van der Waals surface area contributed by atoms with E-state index < -0.39 is 32.2 Å². The molecule has 1 atom stereocenters. The van der Waals surface area contributed by atoms with Gasteiger partial charge in [-0.05, 0) is 25.0 Å². The molecule has 1 heterocycles. The number of benzene rings is 1. The van der Waals surface area contributed by atoms with E-state index in [4.69, 9.17) is 21.5 Å². The minimum atomic E-state index is -4.14. The summed E-state index contributed by atoms with van der Waals surface area (Å²) in [6.07, 6.45) is 1.61. The van der Waals surface area contributed by atoms with Crippen molar-refractivity contribution in [3.05, 3.63) is 28.5 Å². The molecular weight excluding hydrogens is 323 g/mol. The number of hydrogen-bond donors (Lipinski definition) is 2. The number of sulfonamides is 1. The number of hydrogen-bond acceptors (Lipinski definition) is 4. The van der Waals surface area contributed by atoms with Gasteiger partial charge in [-0.15, -0.1) is 0 Å². The van der Waals surface area contributed by atoms with Crippen LogP contribution in [0, 0.1) is 5.82 Å². The van der Waals surface area contributed by atoms with Gasteiger partial charge in [0, 0.05) is 13.2 Å². The van der Waals surface area contributed by atoms with Crippen LogP contribution in [0.3, 0.4) is 0 Å². The largest absolute Gasteiger partial charge is 0.376 e. The highest BCUT2D eigenvalue weighted by Crippen LogP contribution is 2.24. The van der Waals surface area contributed by atoms with Gasteiger partial charge >= 0.3 is 0 Å². The van der Waals surface area contributed by atoms with Crippen molar-refractivity contribution in [2.75, 3.05) is 13.2 Å². The van der Waals surface area contributed by atoms with Crippen LogP contribution in [-0.4, -0.2) is 33.6 Å². The Bertz CT molecular complexity index is 659. The minimum Gasteiger partial charge on any atom is -0.376 e. The second-order valence-corrected chi connectivity index (χ2v) is 6.59. The van der Waals surface area contributed by atoms with Crippen molar-refractivity contribution in [3.8, 4) is 0 Å². The molecule has 1 unspecified atom stereocenters. The zero-order valence-electron chi connectivity index (χ0n) is 10.9. The Morgan fingerprint density at radius 3 is 2.81 bits per heavy atom. The van der Waals surface area contributed by atoms with Crippen molar-refractivity contribution in [1.29, 1.82) is 0 Å². The standard InChI is InChI=1S/C12H14ClFN2O4S/c13-9-5-10(14)8(4-11(9)21(15,18)19)12(17)16-6-7-2-1-3-20-7/h4-5,7H,1-3,6H2,(H,16,17)(H2,15,18,19). The van der Waals surface area contributed by atoms with Crippen molar-refractivity contribution < 1.29 is 22.3 Å². The summed E-state index contributed by atoms with van der Waals surface area (Å²) in [5.41, 5.74) is -0.429. The summed E-state index contributed by atoms with van der Waals surface area (Å²) < 4.78 is 41.7. The molecule has 1 aliphatic heterocycles. The van der Waals surface area contributed by atoms with Gasteiger partial charge in [0.1, 0.15) is 10.7 Å². The number of primary sulfonamides is 1. The highest BCUT2D eigenvalue weighted by atomic mass is 35.5. The molecule has 116 valence electrons. The summed E-state index contributed by atoms with van der Waals surface area (Å²) in [6.45, 7) is 0.858. The van der Waals surface area contributed by atoms with Crippen molar-refractivity contribution >= 4 is 27.5 Å². The van der Waals surface area contributed by atoms with Crippen LogP contribution in [-0.2, 0) is 14.8 Å². The molecular formula is C12H14ClFN2O4S. The van der Waals surface area contributed by atoms with E-state index in [2.05, 4.69) is 5.32 Å². The first-order valence-corrected chi connectivity index (χ1v) is 8.13. The second-order valence-electron chi connectivity index (χ2n) is 4.65. The fourth-order valence-electron chi connectivity index (χ4n) is 2.03. The molecule has 0 aliphatic carbocycles. The van der Waals surface area contributed by atoms with Gasteiger partial charge in [-0.3, -0.25) is 4.79 Å². The van der Waals surface area contributed by atoms with Crippen LogP contribution in [0.1, 0.15) is 23.2 Å². The number of amides is 1. The van der Waals surface area contributed by atoms with Gasteiger partial charge in [0.15, 0.2) is 0 Å². The van der Waals surface area contributed by atoms with Gasteiger partial charge in [0.05, 0.1) is 16.7 Å². The zero-order chi connectivity index (χ0) is 15.6. The number of nitrogens with one attached hydrogen (secondary N) is 1. The van der Waals surface area contributed by atoms with Crippen LogP contribution >= 0.6 is 11.6 Å². The van der Waals surface area contributed by atoms with Gasteiger partial charge in [0.25, 0.3) is 5.91 Å². The Morgan fingerprint density at radius 1 is 1.52 bits per heavy atom. The molecule has 9 heteroatoms. The zero-order valence-corrected chi connectivity index (χ0v) is 12.5. The van der Waals surface area contributed by atoms with Crippen LogP contribution in [0.2, 0.25) is 5.02 Å². The van der Waals surface area contributed by atoms with Gasteiger partial charge in [0.2, 0.25) is 10.0 Å². The first kappa shape index (κ1) is 16.2. The summed E-state index contributed by atoms with van der Waals surface area (Å²) in [4.78, 5) is 11.4. The number of rotatable bonds is 4. The molecule has 21 heavy (non-hydrogen) atoms. The third-order valence-corrected chi connectivity index (χ3v) is 4.46. The molecule has 1 aromatic carbocycles. The Kier molecular flexibility index (Phi) is 4.82. The molecule has 1 saturated heterocycles. The highest BCUT2D eigenvalue weighted by molar-refractivity contribution is 7.89. The third kappa shape index (κ3) is 3.91. The predicted molar refractivity (Wildman–Crippen MR) is 74.1 cm³/mol. The van der Waals surface area contributed by atoms with Gasteiger partial charge in [-0.2, -0.15) is 0 Å². The average Bonchev–Trinajstić information content (AvgIpc) is 2.87. The summed E-state index contributed by atoms with van der Waals surface area (Å²) in [5, 5.41) is 7.09. The number of carbonyl (C=O) groups is 1. The van der Waals surface area contributed by atoms with Crippen molar-refractivity contribution in [2.24, 2.45) is 5.14 Å². The lowest BCUT2D eigenvalue weighted by Crippen LogP contribution is -2.32. The van der Waals surface area contributed by atoms with E-state index in [0.717, 1.165) is 25.0 Å². The fourth-order valence-corrected chi connectivity index (χ4v) is 3.11. The average molecular weight is 337 g/mol. The predicted octanol–water partition coefficient (Wildman–Crippen LogP) is 1.04. The van der Waals surface area contributed by atoms with Crippen LogP contribution in [0.5, 0.6) is 0 Å². The smallest absolute Gasteiger partial charge is 0.254 e. The Morgan fingerprint density at radius 2 is 2.24 bits per heavy atom. The molecule has 1 aliphatic rings. The van der Waals surface area contributed by atoms with Crippen LogP contribution < -0.4 is 10.5 Å². The van der Waals surface area contributed by atoms with E-state index in [-0.39, 0.29) is 17.7 Å². The van der Waals surface area contributed by atoms with Crippen LogP contribution in [0.15, 0.2) is 17.0 Å². The van der Waals surface area contributed by atoms with E-state index in [1.54, 1.807) is 0 Å². The molecule has 0 bridgehead atoms. The minimum absolute atomic E-state index is 0.109. The SMILES string of the molecule is NS(=O)(=O)c1cc(C(=O)NCC2CCCO2)c(F)cc1Cl. The van der Waals surface area contributed by atoms with E-state index in [1.807, 2.05) is 0 Å². The lowest BCUT2D eigenvalue weighted by atomic mass is 10.2. The maximum absolute atomic E-state index is 13.8. The number of nitrogens with two attached hydrogens (primary N) is 1. The summed E-state index contributed by atoms with van der Waals surface area (Å²) in [5.74, 6) is -1.66. The molecule has 1 amide bonds. The number of carbonyl (C=O) groups excluding carboxylic acids is 1. The normalized spacial score (nSPS) is 18.7. The molecule has 0 radical (unpaired) electrons. The number of ether oxygens (including phenoxy) is 1. The lowest BCUT2D eigenvalue weighted by molar-refractivity contribution is 0.0854. The molecule has 0 aromatic heterocycles. The molecule has 1 aromatic rings. The maximum Gasteiger partial charge on any atom is 0.254 e. The molecule has 0 saturated carbocycles. The summed E-state index contributed by atoms with van der Waals surface area (Å²) in [7, 11) is -4.14. The van der Waals surface area contributed by atoms with Crippen molar-refractivity contribution in [1.82, 2.24) is 5.32 Å². The van der Waals surface area contributed by atoms with E-state index in [9.17, 15) is 17.6 Å². The Balaban J connectivity index is 2.20. The Hall–Kier alpha value is -1.22. The number of halogens is 2. The monoisotopic (exact) mass is 336 g/mol. The van der Waals surface area contributed by atoms with Crippen LogP contribution in [0.25, 0.3) is 0 Å². The molecule has 1 fully saturated rings. The highest BCUT2D eigenvalue weighted by Gasteiger charge is 2.22. The topological polar surface area (TPSA) is 98.5 Å². The van der Waals surface area contributed by atoms with Gasteiger partial charge in [-0.1, -0.05) is 11.6 Å². The van der Waals surface area contributed by atoms with Crippen molar-refractivity contribution in [2.45, 2.75) is 23.8 Å². The van der Waals surface area contributed by atoms with E-state index in [1.165, 1.54) is 0 Å². The summed E-state index contributed by atoms with van der Waals surface area (Å²) >= 11 is 5.62. The first-order chi connectivity index (χ1) is 9.79. The molecule has 3 N–H and O–H groups in total. The molecule has 6 nitrogen and oxygen atoms in total. The van der Waals surface area contributed by atoms with Crippen molar-refractivity contribution in [3.63, 3.8) is 0 Å². The van der Waals surface area contributed by atoms with E-state index >= 15 is 0 Å². The quantitative estimate of drug-likeness (QED) is 0.858.